The zero-order chi connectivity index (χ0) is 26.8. The number of amides is 1. The predicted octanol–water partition coefficient (Wildman–Crippen LogP) is 6.35. The van der Waals surface area contributed by atoms with Crippen LogP contribution in [0.15, 0.2) is 71.6 Å². The van der Waals surface area contributed by atoms with Crippen LogP contribution >= 0.6 is 11.6 Å². The number of ether oxygens (including phenoxy) is 1. The van der Waals surface area contributed by atoms with Crippen molar-refractivity contribution in [2.75, 3.05) is 10.8 Å². The Bertz CT molecular complexity index is 1390. The van der Waals surface area contributed by atoms with Gasteiger partial charge < -0.3 is 10.1 Å². The van der Waals surface area contributed by atoms with Crippen LogP contribution in [0, 0.1) is 13.8 Å². The van der Waals surface area contributed by atoms with Crippen molar-refractivity contribution in [3.8, 4) is 5.75 Å². The number of carbonyl (C=O) groups is 1. The second-order valence-electron chi connectivity index (χ2n) is 9.61. The Balaban J connectivity index is 1.67. The highest BCUT2D eigenvalue weighted by molar-refractivity contribution is 7.92. The molecule has 1 amide bonds. The summed E-state index contributed by atoms with van der Waals surface area (Å²) in [6.07, 6.45) is 2.18. The van der Waals surface area contributed by atoms with Crippen LogP contribution in [0.25, 0.3) is 0 Å². The summed E-state index contributed by atoms with van der Waals surface area (Å²) in [5, 5.41) is 3.53. The summed E-state index contributed by atoms with van der Waals surface area (Å²) in [4.78, 5) is 13.6. The number of para-hydroxylation sites is 1. The van der Waals surface area contributed by atoms with Crippen LogP contribution in [0.2, 0.25) is 5.02 Å². The van der Waals surface area contributed by atoms with Crippen molar-refractivity contribution in [2.24, 2.45) is 0 Å². The summed E-state index contributed by atoms with van der Waals surface area (Å²) in [6, 6.07) is 19.0. The Hall–Kier alpha value is -3.03. The van der Waals surface area contributed by atoms with Crippen molar-refractivity contribution in [3.63, 3.8) is 0 Å². The highest BCUT2D eigenvalue weighted by Gasteiger charge is 2.39. The first-order valence-corrected chi connectivity index (χ1v) is 14.3. The van der Waals surface area contributed by atoms with E-state index in [-0.39, 0.29) is 17.5 Å². The monoisotopic (exact) mass is 540 g/mol. The lowest BCUT2D eigenvalue weighted by Gasteiger charge is -2.41. The van der Waals surface area contributed by atoms with E-state index >= 15 is 0 Å². The second kappa shape index (κ2) is 10.8. The minimum absolute atomic E-state index is 0.106. The summed E-state index contributed by atoms with van der Waals surface area (Å²) < 4.78 is 35.0. The van der Waals surface area contributed by atoms with Gasteiger partial charge in [-0.15, -0.1) is 0 Å². The summed E-state index contributed by atoms with van der Waals surface area (Å²) >= 11 is 6.35. The molecule has 0 saturated heterocycles. The molecule has 37 heavy (non-hydrogen) atoms. The van der Waals surface area contributed by atoms with Gasteiger partial charge in [0.25, 0.3) is 10.0 Å². The Morgan fingerprint density at radius 3 is 2.38 bits per heavy atom. The number of fused-ring (bicyclic) bond motifs is 1. The van der Waals surface area contributed by atoms with Crippen LogP contribution in [0.1, 0.15) is 55.8 Å². The number of nitrogens with one attached hydrogen (secondary N) is 1. The van der Waals surface area contributed by atoms with Gasteiger partial charge in [-0.05, 0) is 62.6 Å². The molecule has 6 nitrogen and oxygen atoms in total. The zero-order valence-electron chi connectivity index (χ0n) is 21.6. The number of nitrogens with zero attached hydrogens (tertiary/aromatic N) is 1. The predicted molar refractivity (Wildman–Crippen MR) is 148 cm³/mol. The van der Waals surface area contributed by atoms with Gasteiger partial charge in [-0.2, -0.15) is 0 Å². The van der Waals surface area contributed by atoms with Gasteiger partial charge in [0.15, 0.2) is 0 Å². The summed E-state index contributed by atoms with van der Waals surface area (Å²) in [6.45, 7) is 7.49. The van der Waals surface area contributed by atoms with E-state index < -0.39 is 21.5 Å². The maximum atomic E-state index is 13.7. The number of hydrogen-bond donors (Lipinski definition) is 1. The maximum Gasteiger partial charge on any atom is 0.264 e. The quantitative estimate of drug-likeness (QED) is 0.361. The molecule has 0 fully saturated rings. The van der Waals surface area contributed by atoms with Crippen molar-refractivity contribution in [3.05, 3.63) is 88.4 Å². The molecule has 3 aromatic rings. The molecule has 1 atom stereocenters. The van der Waals surface area contributed by atoms with E-state index in [0.717, 1.165) is 39.6 Å². The van der Waals surface area contributed by atoms with Gasteiger partial charge in [0.2, 0.25) is 5.91 Å². The van der Waals surface area contributed by atoms with E-state index in [9.17, 15) is 13.2 Å². The van der Waals surface area contributed by atoms with Gasteiger partial charge in [0.05, 0.1) is 16.6 Å². The normalized spacial score (nSPS) is 16.4. The Labute approximate surface area is 224 Å². The fourth-order valence-corrected chi connectivity index (χ4v) is 6.28. The number of sulfonamides is 1. The van der Waals surface area contributed by atoms with E-state index in [1.165, 1.54) is 0 Å². The van der Waals surface area contributed by atoms with Gasteiger partial charge in [0.1, 0.15) is 17.9 Å². The summed E-state index contributed by atoms with van der Waals surface area (Å²) in [7, 11) is -4.04. The lowest BCUT2D eigenvalue weighted by molar-refractivity contribution is -0.121. The van der Waals surface area contributed by atoms with Crippen LogP contribution in [0.5, 0.6) is 5.75 Å². The molecule has 8 heteroatoms. The average Bonchev–Trinajstić information content (AvgIpc) is 2.89. The highest BCUT2D eigenvalue weighted by Crippen LogP contribution is 2.42. The molecule has 0 aliphatic carbocycles. The van der Waals surface area contributed by atoms with Gasteiger partial charge >= 0.3 is 0 Å². The minimum Gasteiger partial charge on any atom is -0.487 e. The molecular weight excluding hydrogens is 508 g/mol. The van der Waals surface area contributed by atoms with Gasteiger partial charge in [0, 0.05) is 17.0 Å². The molecule has 0 spiro atoms. The third-order valence-electron chi connectivity index (χ3n) is 7.16. The fraction of sp³-hybridized carbons (Fsp3) is 0.345. The van der Waals surface area contributed by atoms with Crippen LogP contribution in [-0.2, 0) is 14.8 Å². The van der Waals surface area contributed by atoms with Crippen molar-refractivity contribution in [1.82, 2.24) is 5.32 Å². The van der Waals surface area contributed by atoms with Gasteiger partial charge in [-0.3, -0.25) is 9.10 Å². The van der Waals surface area contributed by atoms with E-state index in [1.54, 1.807) is 42.5 Å². The van der Waals surface area contributed by atoms with E-state index in [1.807, 2.05) is 38.1 Å². The molecule has 0 aromatic heterocycles. The molecule has 0 saturated carbocycles. The Kier molecular flexibility index (Phi) is 7.85. The maximum absolute atomic E-state index is 13.7. The molecule has 0 unspecified atom stereocenters. The number of anilines is 1. The number of aryl methyl sites for hydroxylation is 2. The third kappa shape index (κ3) is 5.63. The average molecular weight is 541 g/mol. The fourth-order valence-electron chi connectivity index (χ4n) is 4.69. The van der Waals surface area contributed by atoms with Crippen LogP contribution in [0.3, 0.4) is 0 Å². The number of rotatable bonds is 8. The number of carbonyl (C=O) groups excluding carboxylic acids is 1. The molecule has 1 aliphatic heterocycles. The third-order valence-corrected chi connectivity index (χ3v) is 9.36. The zero-order valence-corrected chi connectivity index (χ0v) is 23.2. The Morgan fingerprint density at radius 1 is 1.05 bits per heavy atom. The van der Waals surface area contributed by atoms with Gasteiger partial charge in [-0.1, -0.05) is 67.4 Å². The van der Waals surface area contributed by atoms with Crippen LogP contribution in [0.4, 0.5) is 5.69 Å². The van der Waals surface area contributed by atoms with Crippen molar-refractivity contribution in [2.45, 2.75) is 63.5 Å². The number of benzene rings is 3. The first kappa shape index (κ1) is 27.0. The lowest BCUT2D eigenvalue weighted by atomic mass is 9.83. The number of hydrogen-bond acceptors (Lipinski definition) is 4. The molecule has 4 rings (SSSR count). The molecule has 196 valence electrons. The minimum atomic E-state index is -4.04. The molecule has 0 bridgehead atoms. The topological polar surface area (TPSA) is 75.7 Å². The molecule has 0 radical (unpaired) electrons. The van der Waals surface area contributed by atoms with E-state index in [4.69, 9.17) is 16.3 Å². The molecule has 1 N–H and O–H groups in total. The highest BCUT2D eigenvalue weighted by atomic mass is 35.5. The van der Waals surface area contributed by atoms with Crippen LogP contribution < -0.4 is 14.4 Å². The standard InChI is InChI=1S/C29H33ClN2O4S/c1-5-29(6-2)18-26(24-9-7-8-10-27(24)36-29)31-28(33)19-32(22-14-13-21(4)25(30)17-22)37(34,35)23-15-11-20(3)12-16-23/h7-17,26H,5-6,18-19H2,1-4H3,(H,31,33)/t26-/m1/s1. The first-order chi connectivity index (χ1) is 17.6. The van der Waals surface area contributed by atoms with Gasteiger partial charge in [-0.25, -0.2) is 8.42 Å². The molecular formula is C29H33ClN2O4S. The molecule has 1 aliphatic rings. The van der Waals surface area contributed by atoms with E-state index in [0.29, 0.717) is 17.1 Å². The lowest BCUT2D eigenvalue weighted by Crippen LogP contribution is -2.47. The largest absolute Gasteiger partial charge is 0.487 e. The second-order valence-corrected chi connectivity index (χ2v) is 11.9. The van der Waals surface area contributed by atoms with Crippen molar-refractivity contribution < 1.29 is 17.9 Å². The first-order valence-electron chi connectivity index (χ1n) is 12.5. The smallest absolute Gasteiger partial charge is 0.264 e. The summed E-state index contributed by atoms with van der Waals surface area (Å²) in [5.74, 6) is 0.340. The summed E-state index contributed by atoms with van der Waals surface area (Å²) in [5.41, 5.74) is 2.58. The molecule has 1 heterocycles. The Morgan fingerprint density at radius 2 is 1.73 bits per heavy atom. The van der Waals surface area contributed by atoms with Crippen LogP contribution in [-0.4, -0.2) is 26.5 Å². The SMILES string of the molecule is CCC1(CC)C[C@@H](NC(=O)CN(c2ccc(C)c(Cl)c2)S(=O)(=O)c2ccc(C)cc2)c2ccccc2O1. The van der Waals surface area contributed by atoms with Crippen molar-refractivity contribution in [1.29, 1.82) is 0 Å². The number of halogens is 1. The van der Waals surface area contributed by atoms with Crippen molar-refractivity contribution >= 4 is 33.2 Å². The molecule has 3 aromatic carbocycles. The van der Waals surface area contributed by atoms with E-state index in [2.05, 4.69) is 19.2 Å².